The number of ether oxygens (including phenoxy) is 1. The third kappa shape index (κ3) is 2.16. The second kappa shape index (κ2) is 4.74. The lowest BCUT2D eigenvalue weighted by Crippen LogP contribution is -2.33. The first-order chi connectivity index (χ1) is 9.91. The number of aliphatic carboxylic acids is 1. The first kappa shape index (κ1) is 13.9. The third-order valence-corrected chi connectivity index (χ3v) is 4.09. The van der Waals surface area contributed by atoms with Crippen molar-refractivity contribution >= 4 is 17.6 Å². The predicted octanol–water partition coefficient (Wildman–Crippen LogP) is 4.08. The number of hydrogen-bond acceptors (Lipinski definition) is 3. The highest BCUT2D eigenvalue weighted by molar-refractivity contribution is 6.29. The Morgan fingerprint density at radius 1 is 1.24 bits per heavy atom. The van der Waals surface area contributed by atoms with Gasteiger partial charge in [0.1, 0.15) is 10.9 Å². The number of pyridine rings is 1. The van der Waals surface area contributed by atoms with E-state index in [1.165, 1.54) is 0 Å². The summed E-state index contributed by atoms with van der Waals surface area (Å²) in [5.74, 6) is -0.218. The minimum atomic E-state index is -0.996. The summed E-state index contributed by atoms with van der Waals surface area (Å²) in [6.45, 7) is 3.42. The van der Waals surface area contributed by atoms with Crippen LogP contribution in [0, 0.1) is 5.41 Å². The fourth-order valence-electron chi connectivity index (χ4n) is 2.71. The van der Waals surface area contributed by atoms with Crippen LogP contribution in [0.4, 0.5) is 0 Å². The molecule has 0 fully saturated rings. The largest absolute Gasteiger partial charge is 0.481 e. The fraction of sp³-hybridized carbons (Fsp3) is 0.250. The molecule has 108 valence electrons. The average Bonchev–Trinajstić information content (AvgIpc) is 2.44. The Balaban J connectivity index is 2.26. The Labute approximate surface area is 127 Å². The summed E-state index contributed by atoms with van der Waals surface area (Å²) in [4.78, 5) is 15.9. The molecule has 0 saturated heterocycles. The molecule has 1 aliphatic heterocycles. The average molecular weight is 304 g/mol. The number of hydrogen-bond donors (Lipinski definition) is 1. The zero-order valence-corrected chi connectivity index (χ0v) is 12.4. The molecule has 0 amide bonds. The normalized spacial score (nSPS) is 16.6. The minimum Gasteiger partial charge on any atom is -0.481 e. The quantitative estimate of drug-likeness (QED) is 0.849. The molecule has 0 bridgehead atoms. The van der Waals surface area contributed by atoms with Gasteiger partial charge in [-0.15, -0.1) is 0 Å². The molecule has 0 unspecified atom stereocenters. The van der Waals surface area contributed by atoms with E-state index in [9.17, 15) is 9.90 Å². The minimum absolute atomic E-state index is 0.319. The molecule has 0 saturated carbocycles. The molecule has 0 radical (unpaired) electrons. The smallest absolute Gasteiger partial charge is 0.310 e. The standard InChI is InChI=1S/C16H14ClNO3/c1-16(2,15(19)20)13-9-5-3-4-6-11(9)21-14-10(13)7-8-12(17)18-14/h3-8,13H,1-2H3,(H,19,20)/t13-/m1/s1. The highest BCUT2D eigenvalue weighted by Crippen LogP contribution is 2.51. The van der Waals surface area contributed by atoms with Crippen LogP contribution < -0.4 is 4.74 Å². The van der Waals surface area contributed by atoms with Crippen molar-refractivity contribution in [2.24, 2.45) is 5.41 Å². The van der Waals surface area contributed by atoms with Crippen LogP contribution in [0.15, 0.2) is 36.4 Å². The van der Waals surface area contributed by atoms with Crippen LogP contribution in [0.5, 0.6) is 11.6 Å². The van der Waals surface area contributed by atoms with Gasteiger partial charge in [0.15, 0.2) is 0 Å². The predicted molar refractivity (Wildman–Crippen MR) is 79.0 cm³/mol. The van der Waals surface area contributed by atoms with Gasteiger partial charge in [-0.2, -0.15) is 0 Å². The van der Waals surface area contributed by atoms with Gasteiger partial charge in [0.2, 0.25) is 5.88 Å². The Morgan fingerprint density at radius 3 is 2.67 bits per heavy atom. The Hall–Kier alpha value is -2.07. The van der Waals surface area contributed by atoms with Crippen molar-refractivity contribution < 1.29 is 14.6 Å². The van der Waals surface area contributed by atoms with Crippen molar-refractivity contribution in [1.82, 2.24) is 4.98 Å². The van der Waals surface area contributed by atoms with Gasteiger partial charge in [0.25, 0.3) is 0 Å². The first-order valence-corrected chi connectivity index (χ1v) is 6.95. The summed E-state index contributed by atoms with van der Waals surface area (Å²) in [6.07, 6.45) is 0. The molecule has 1 aromatic carbocycles. The van der Waals surface area contributed by atoms with E-state index in [2.05, 4.69) is 4.98 Å². The fourth-order valence-corrected chi connectivity index (χ4v) is 2.85. The van der Waals surface area contributed by atoms with Crippen molar-refractivity contribution in [2.75, 3.05) is 0 Å². The van der Waals surface area contributed by atoms with Crippen molar-refractivity contribution in [1.29, 1.82) is 0 Å². The summed E-state index contributed by atoms with van der Waals surface area (Å²) < 4.78 is 5.77. The lowest BCUT2D eigenvalue weighted by molar-refractivity contribution is -0.147. The van der Waals surface area contributed by atoms with Crippen molar-refractivity contribution in [3.05, 3.63) is 52.7 Å². The second-order valence-electron chi connectivity index (χ2n) is 5.63. The molecular formula is C16H14ClNO3. The number of carboxylic acids is 1. The van der Waals surface area contributed by atoms with Crippen LogP contribution in [-0.2, 0) is 4.79 Å². The van der Waals surface area contributed by atoms with E-state index in [4.69, 9.17) is 16.3 Å². The van der Waals surface area contributed by atoms with Crippen molar-refractivity contribution in [2.45, 2.75) is 19.8 Å². The van der Waals surface area contributed by atoms with Gasteiger partial charge in [0, 0.05) is 17.0 Å². The lowest BCUT2D eigenvalue weighted by atomic mass is 9.70. The van der Waals surface area contributed by atoms with Gasteiger partial charge >= 0.3 is 5.97 Å². The second-order valence-corrected chi connectivity index (χ2v) is 6.02. The molecule has 1 aliphatic rings. The van der Waals surface area contributed by atoms with E-state index >= 15 is 0 Å². The topological polar surface area (TPSA) is 59.4 Å². The van der Waals surface area contributed by atoms with Gasteiger partial charge in [-0.05, 0) is 32.0 Å². The number of nitrogens with zero attached hydrogens (tertiary/aromatic N) is 1. The molecule has 1 N–H and O–H groups in total. The van der Waals surface area contributed by atoms with Crippen LogP contribution in [0.25, 0.3) is 0 Å². The monoisotopic (exact) mass is 303 g/mol. The summed E-state index contributed by atoms with van der Waals surface area (Å²) in [7, 11) is 0. The van der Waals surface area contributed by atoms with Crippen LogP contribution >= 0.6 is 11.6 Å². The summed E-state index contributed by atoms with van der Waals surface area (Å²) >= 11 is 5.92. The van der Waals surface area contributed by atoms with Gasteiger partial charge in [-0.25, -0.2) is 4.98 Å². The number of fused-ring (bicyclic) bond motifs is 2. The van der Waals surface area contributed by atoms with Crippen LogP contribution in [0.2, 0.25) is 5.15 Å². The molecule has 1 aromatic heterocycles. The van der Waals surface area contributed by atoms with Crippen molar-refractivity contribution in [3.63, 3.8) is 0 Å². The summed E-state index contributed by atoms with van der Waals surface area (Å²) in [5.41, 5.74) is 0.594. The molecular weight excluding hydrogens is 290 g/mol. The SMILES string of the molecule is CC(C)(C(=O)O)[C@@H]1c2ccccc2Oc2nc(Cl)ccc21. The summed E-state index contributed by atoms with van der Waals surface area (Å²) in [5, 5.41) is 9.93. The Bertz CT molecular complexity index is 727. The molecule has 4 nitrogen and oxygen atoms in total. The number of benzene rings is 1. The Kier molecular flexibility index (Phi) is 3.14. The summed E-state index contributed by atoms with van der Waals surface area (Å²) in [6, 6.07) is 10.9. The number of para-hydroxylation sites is 1. The third-order valence-electron chi connectivity index (χ3n) is 3.88. The van der Waals surface area contributed by atoms with Gasteiger partial charge in [-0.1, -0.05) is 29.8 Å². The van der Waals surface area contributed by atoms with Gasteiger partial charge in [0.05, 0.1) is 5.41 Å². The molecule has 2 heterocycles. The van der Waals surface area contributed by atoms with E-state index in [-0.39, 0.29) is 5.92 Å². The highest BCUT2D eigenvalue weighted by atomic mass is 35.5. The molecule has 2 aromatic rings. The Morgan fingerprint density at radius 2 is 1.95 bits per heavy atom. The zero-order chi connectivity index (χ0) is 15.2. The van der Waals surface area contributed by atoms with E-state index < -0.39 is 11.4 Å². The van der Waals surface area contributed by atoms with Gasteiger partial charge < -0.3 is 9.84 Å². The van der Waals surface area contributed by atoms with E-state index in [0.717, 1.165) is 11.1 Å². The first-order valence-electron chi connectivity index (χ1n) is 6.58. The lowest BCUT2D eigenvalue weighted by Gasteiger charge is -2.35. The van der Waals surface area contributed by atoms with E-state index in [1.807, 2.05) is 24.3 Å². The maximum absolute atomic E-state index is 11.7. The molecule has 0 spiro atoms. The molecule has 5 heteroatoms. The molecule has 1 atom stereocenters. The molecule has 0 aliphatic carbocycles. The zero-order valence-electron chi connectivity index (χ0n) is 11.6. The number of rotatable bonds is 2. The molecule has 21 heavy (non-hydrogen) atoms. The van der Waals surface area contributed by atoms with Crippen LogP contribution in [0.3, 0.4) is 0 Å². The highest BCUT2D eigenvalue weighted by Gasteiger charge is 2.44. The van der Waals surface area contributed by atoms with Crippen LogP contribution in [0.1, 0.15) is 30.9 Å². The van der Waals surface area contributed by atoms with E-state index in [1.54, 1.807) is 26.0 Å². The van der Waals surface area contributed by atoms with Gasteiger partial charge in [-0.3, -0.25) is 4.79 Å². The van der Waals surface area contributed by atoms with E-state index in [0.29, 0.717) is 16.8 Å². The number of halogens is 1. The maximum Gasteiger partial charge on any atom is 0.310 e. The number of carbonyl (C=O) groups is 1. The number of carboxylic acid groups (broad SMARTS) is 1. The van der Waals surface area contributed by atoms with Crippen LogP contribution in [-0.4, -0.2) is 16.1 Å². The number of aromatic nitrogens is 1. The molecule has 3 rings (SSSR count). The van der Waals surface area contributed by atoms with Crippen molar-refractivity contribution in [3.8, 4) is 11.6 Å². The maximum atomic E-state index is 11.7.